The smallest absolute Gasteiger partial charge is 0.308 e. The third-order valence-electron chi connectivity index (χ3n) is 2.88. The van der Waals surface area contributed by atoms with Crippen LogP contribution >= 0.6 is 22.6 Å². The van der Waals surface area contributed by atoms with Crippen molar-refractivity contribution in [1.82, 2.24) is 0 Å². The lowest BCUT2D eigenvalue weighted by molar-refractivity contribution is -0.134. The summed E-state index contributed by atoms with van der Waals surface area (Å²) in [6.07, 6.45) is 0.702. The van der Waals surface area contributed by atoms with Crippen LogP contribution in [0.5, 0.6) is 11.5 Å². The summed E-state index contributed by atoms with van der Waals surface area (Å²) >= 11 is 2.10. The predicted octanol–water partition coefficient (Wildman–Crippen LogP) is 3.73. The van der Waals surface area contributed by atoms with E-state index in [1.54, 1.807) is 6.07 Å². The maximum absolute atomic E-state index is 11.3. The van der Waals surface area contributed by atoms with Crippen LogP contribution in [-0.2, 0) is 16.0 Å². The zero-order chi connectivity index (χ0) is 16.1. The van der Waals surface area contributed by atoms with Gasteiger partial charge in [-0.05, 0) is 46.2 Å². The molecule has 22 heavy (non-hydrogen) atoms. The molecule has 0 aromatic heterocycles. The first kappa shape index (κ1) is 16.5. The molecule has 0 amide bonds. The number of rotatable bonds is 4. The van der Waals surface area contributed by atoms with Crippen molar-refractivity contribution in [3.63, 3.8) is 0 Å². The second-order valence-electron chi connectivity index (χ2n) is 4.72. The Hall–Kier alpha value is -1.89. The monoisotopic (exact) mass is 410 g/mol. The van der Waals surface area contributed by atoms with Gasteiger partial charge in [0.2, 0.25) is 0 Å². The van der Waals surface area contributed by atoms with E-state index in [0.717, 1.165) is 14.7 Å². The van der Waals surface area contributed by atoms with E-state index in [-0.39, 0.29) is 11.5 Å². The van der Waals surface area contributed by atoms with Gasteiger partial charge in [0.15, 0.2) is 11.5 Å². The Kier molecular flexibility index (Phi) is 5.54. The first-order valence-electron chi connectivity index (χ1n) is 6.69. The maximum atomic E-state index is 11.3. The van der Waals surface area contributed by atoms with Gasteiger partial charge in [0, 0.05) is 13.8 Å². The van der Waals surface area contributed by atoms with Crippen molar-refractivity contribution in [2.24, 2.45) is 0 Å². The Bertz CT molecular complexity index is 695. The van der Waals surface area contributed by atoms with Gasteiger partial charge in [-0.25, -0.2) is 0 Å². The van der Waals surface area contributed by atoms with Gasteiger partial charge in [-0.1, -0.05) is 36.4 Å². The van der Waals surface area contributed by atoms with Gasteiger partial charge in [0.1, 0.15) is 0 Å². The SMILES string of the molecule is CC(=O)Oc1ccc(Cc2ccccc2)c(I)c1OC(C)=O. The fourth-order valence-corrected chi connectivity index (χ4v) is 2.75. The summed E-state index contributed by atoms with van der Waals surface area (Å²) in [6, 6.07) is 13.5. The molecule has 0 unspecified atom stereocenters. The standard InChI is InChI=1S/C17H15IO4/c1-11(19)21-15-9-8-14(10-13-6-4-3-5-7-13)16(18)17(15)22-12(2)20/h3-9H,10H2,1-2H3. The molecule has 0 aliphatic carbocycles. The Morgan fingerprint density at radius 1 is 0.955 bits per heavy atom. The van der Waals surface area contributed by atoms with E-state index in [0.29, 0.717) is 6.42 Å². The minimum absolute atomic E-state index is 0.254. The summed E-state index contributed by atoms with van der Waals surface area (Å²) in [5, 5.41) is 0. The molecule has 5 heteroatoms. The number of esters is 2. The quantitative estimate of drug-likeness (QED) is 0.438. The molecule has 2 aromatic carbocycles. The van der Waals surface area contributed by atoms with Crippen LogP contribution in [0, 0.1) is 3.57 Å². The van der Waals surface area contributed by atoms with E-state index in [2.05, 4.69) is 22.6 Å². The second kappa shape index (κ2) is 7.40. The van der Waals surface area contributed by atoms with Crippen LogP contribution < -0.4 is 9.47 Å². The molecule has 2 rings (SSSR count). The molecule has 0 N–H and O–H groups in total. The fourth-order valence-electron chi connectivity index (χ4n) is 2.01. The van der Waals surface area contributed by atoms with Crippen molar-refractivity contribution in [2.45, 2.75) is 20.3 Å². The van der Waals surface area contributed by atoms with Crippen LogP contribution in [0.3, 0.4) is 0 Å². The number of ether oxygens (including phenoxy) is 2. The van der Waals surface area contributed by atoms with Crippen molar-refractivity contribution in [3.05, 3.63) is 57.2 Å². The fraction of sp³-hybridized carbons (Fsp3) is 0.176. The number of hydrogen-bond acceptors (Lipinski definition) is 4. The topological polar surface area (TPSA) is 52.6 Å². The molecule has 0 saturated heterocycles. The molecule has 0 heterocycles. The molecule has 114 valence electrons. The minimum atomic E-state index is -0.458. The number of hydrogen-bond donors (Lipinski definition) is 0. The van der Waals surface area contributed by atoms with E-state index in [1.165, 1.54) is 13.8 Å². The average Bonchev–Trinajstić information content (AvgIpc) is 2.46. The third kappa shape index (κ3) is 4.30. The van der Waals surface area contributed by atoms with Crippen LogP contribution in [-0.4, -0.2) is 11.9 Å². The third-order valence-corrected chi connectivity index (χ3v) is 4.06. The molecule has 0 fully saturated rings. The zero-order valence-electron chi connectivity index (χ0n) is 12.3. The summed E-state index contributed by atoms with van der Waals surface area (Å²) in [5.74, 6) is -0.371. The van der Waals surface area contributed by atoms with Crippen LogP contribution in [0.15, 0.2) is 42.5 Å². The van der Waals surface area contributed by atoms with Crippen molar-refractivity contribution < 1.29 is 19.1 Å². The molecule has 4 nitrogen and oxygen atoms in total. The van der Waals surface area contributed by atoms with Crippen LogP contribution in [0.1, 0.15) is 25.0 Å². The van der Waals surface area contributed by atoms with E-state index in [9.17, 15) is 9.59 Å². The van der Waals surface area contributed by atoms with Gasteiger partial charge in [-0.15, -0.1) is 0 Å². The molecule has 0 aliphatic rings. The minimum Gasteiger partial charge on any atom is -0.423 e. The normalized spacial score (nSPS) is 10.1. The molecule has 0 aliphatic heterocycles. The van der Waals surface area contributed by atoms with E-state index in [4.69, 9.17) is 9.47 Å². The van der Waals surface area contributed by atoms with Crippen molar-refractivity contribution in [3.8, 4) is 11.5 Å². The highest BCUT2D eigenvalue weighted by atomic mass is 127. The molecular weight excluding hydrogens is 395 g/mol. The van der Waals surface area contributed by atoms with Crippen LogP contribution in [0.2, 0.25) is 0 Å². The van der Waals surface area contributed by atoms with Crippen LogP contribution in [0.25, 0.3) is 0 Å². The van der Waals surface area contributed by atoms with Gasteiger partial charge in [-0.2, -0.15) is 0 Å². The summed E-state index contributed by atoms with van der Waals surface area (Å²) in [7, 11) is 0. The summed E-state index contributed by atoms with van der Waals surface area (Å²) in [6.45, 7) is 2.62. The molecule has 2 aromatic rings. The van der Waals surface area contributed by atoms with Gasteiger partial charge >= 0.3 is 11.9 Å². The number of carbonyl (C=O) groups excluding carboxylic acids is 2. The van der Waals surface area contributed by atoms with E-state index in [1.807, 2.05) is 36.4 Å². The number of carbonyl (C=O) groups is 2. The molecule has 0 spiro atoms. The van der Waals surface area contributed by atoms with Gasteiger partial charge in [-0.3, -0.25) is 9.59 Å². The average molecular weight is 410 g/mol. The van der Waals surface area contributed by atoms with Gasteiger partial charge in [0.05, 0.1) is 3.57 Å². The predicted molar refractivity (Wildman–Crippen MR) is 91.0 cm³/mol. The Morgan fingerprint density at radius 2 is 1.59 bits per heavy atom. The summed E-state index contributed by atoms with van der Waals surface area (Å²) in [4.78, 5) is 22.5. The Balaban J connectivity index is 2.40. The van der Waals surface area contributed by atoms with Gasteiger partial charge in [0.25, 0.3) is 0 Å². The highest BCUT2D eigenvalue weighted by Gasteiger charge is 2.17. The molecule has 0 bridgehead atoms. The van der Waals surface area contributed by atoms with E-state index >= 15 is 0 Å². The lowest BCUT2D eigenvalue weighted by atomic mass is 10.0. The number of halogens is 1. The highest BCUT2D eigenvalue weighted by molar-refractivity contribution is 14.1. The second-order valence-corrected chi connectivity index (χ2v) is 5.79. The molecule has 0 radical (unpaired) electrons. The van der Waals surface area contributed by atoms with Crippen molar-refractivity contribution >= 4 is 34.5 Å². The summed E-state index contributed by atoms with van der Waals surface area (Å²) < 4.78 is 11.1. The van der Waals surface area contributed by atoms with Crippen molar-refractivity contribution in [1.29, 1.82) is 0 Å². The van der Waals surface area contributed by atoms with Crippen LogP contribution in [0.4, 0.5) is 0 Å². The first-order valence-corrected chi connectivity index (χ1v) is 7.77. The largest absolute Gasteiger partial charge is 0.423 e. The van der Waals surface area contributed by atoms with Gasteiger partial charge < -0.3 is 9.47 Å². The molecule has 0 atom stereocenters. The highest BCUT2D eigenvalue weighted by Crippen LogP contribution is 2.36. The van der Waals surface area contributed by atoms with E-state index < -0.39 is 11.9 Å². The Morgan fingerprint density at radius 3 is 2.18 bits per heavy atom. The molecule has 0 saturated carbocycles. The van der Waals surface area contributed by atoms with Crippen molar-refractivity contribution in [2.75, 3.05) is 0 Å². The Labute approximate surface area is 142 Å². The summed E-state index contributed by atoms with van der Waals surface area (Å²) in [5.41, 5.74) is 2.15. The lowest BCUT2D eigenvalue weighted by Gasteiger charge is -2.14. The maximum Gasteiger partial charge on any atom is 0.308 e. The molecular formula is C17H15IO4. The zero-order valence-corrected chi connectivity index (χ0v) is 14.4. The number of benzene rings is 2. The lowest BCUT2D eigenvalue weighted by Crippen LogP contribution is -2.09. The first-order chi connectivity index (χ1) is 10.5.